The van der Waals surface area contributed by atoms with Crippen molar-refractivity contribution in [3.63, 3.8) is 0 Å². The highest BCUT2D eigenvalue weighted by atomic mass is 14.9. The molecule has 6 rings (SSSR count). The maximum atomic E-state index is 4.85. The molecule has 1 unspecified atom stereocenters. The summed E-state index contributed by atoms with van der Waals surface area (Å²) in [6, 6.07) is 10.4. The van der Waals surface area contributed by atoms with Gasteiger partial charge in [-0.2, -0.15) is 0 Å². The van der Waals surface area contributed by atoms with E-state index in [1.54, 1.807) is 12.4 Å². The van der Waals surface area contributed by atoms with E-state index < -0.39 is 0 Å². The molecule has 5 nitrogen and oxygen atoms in total. The van der Waals surface area contributed by atoms with Gasteiger partial charge in [0.25, 0.3) is 0 Å². The van der Waals surface area contributed by atoms with Crippen molar-refractivity contribution in [2.24, 2.45) is 4.99 Å². The Morgan fingerprint density at radius 3 is 2.75 bits per heavy atom. The monoisotopic (exact) mass is 415 g/mol. The summed E-state index contributed by atoms with van der Waals surface area (Å²) in [6.45, 7) is 4.22. The molecule has 0 radical (unpaired) electrons. The van der Waals surface area contributed by atoms with Gasteiger partial charge in [-0.25, -0.2) is 9.97 Å². The normalized spacial score (nSPS) is 17.3. The number of hydrogen-bond donors (Lipinski definition) is 0. The Labute approximate surface area is 186 Å². The number of benzene rings is 2. The molecule has 0 fully saturated rings. The second-order valence-electron chi connectivity index (χ2n) is 8.35. The molecule has 32 heavy (non-hydrogen) atoms. The van der Waals surface area contributed by atoms with Crippen molar-refractivity contribution in [1.82, 2.24) is 19.9 Å². The molecule has 2 aliphatic rings. The average molecular weight is 416 g/mol. The average Bonchev–Trinajstić information content (AvgIpc) is 3.32. The lowest BCUT2D eigenvalue weighted by atomic mass is 9.86. The third kappa shape index (κ3) is 3.05. The molecule has 1 atom stereocenters. The zero-order valence-electron chi connectivity index (χ0n) is 17.9. The Morgan fingerprint density at radius 2 is 1.81 bits per heavy atom. The van der Waals surface area contributed by atoms with Crippen LogP contribution in [0.4, 0.5) is 0 Å². The molecule has 0 N–H and O–H groups in total. The van der Waals surface area contributed by atoms with Crippen LogP contribution in [-0.4, -0.2) is 32.2 Å². The Morgan fingerprint density at radius 1 is 0.906 bits per heavy atom. The summed E-state index contributed by atoms with van der Waals surface area (Å²) in [5.41, 5.74) is 9.75. The van der Waals surface area contributed by atoms with Crippen LogP contribution in [0.3, 0.4) is 0 Å². The third-order valence-corrected chi connectivity index (χ3v) is 6.29. The molecule has 0 spiro atoms. The van der Waals surface area contributed by atoms with Crippen LogP contribution < -0.4 is 0 Å². The Balaban J connectivity index is 1.48. The number of hydrogen-bond acceptors (Lipinski definition) is 5. The second-order valence-corrected chi connectivity index (χ2v) is 8.35. The fraction of sp³-hybridized carbons (Fsp3) is 0.148. The van der Waals surface area contributed by atoms with Crippen LogP contribution in [0, 0.1) is 6.92 Å². The van der Waals surface area contributed by atoms with E-state index in [1.807, 2.05) is 30.6 Å². The van der Waals surface area contributed by atoms with Crippen molar-refractivity contribution in [1.29, 1.82) is 0 Å². The first kappa shape index (κ1) is 18.8. The topological polar surface area (TPSA) is 63.9 Å². The van der Waals surface area contributed by atoms with Crippen LogP contribution in [0.15, 0.2) is 88.9 Å². The van der Waals surface area contributed by atoms with Crippen LogP contribution in [0.2, 0.25) is 0 Å². The fourth-order valence-corrected chi connectivity index (χ4v) is 4.57. The van der Waals surface area contributed by atoms with E-state index in [0.717, 1.165) is 39.5 Å². The number of aromatic nitrogens is 4. The Kier molecular flexibility index (Phi) is 4.28. The lowest BCUT2D eigenvalue weighted by molar-refractivity contribution is 0.865. The Bertz CT molecular complexity index is 1520. The standard InChI is InChI=1S/C27H21N5/c1-16-4-3-5-23-22(16)15-31-27(32-23)20-13-19(26-24(14-20)28-10-11-30-26)12-18-7-6-17(2)21-8-9-29-25(18)21/h3-11,13-15,25H,12H2,1-2H3. The molecule has 0 amide bonds. The molecule has 4 aromatic rings. The molecule has 1 aliphatic heterocycles. The molecule has 1 aliphatic carbocycles. The molecule has 2 aromatic carbocycles. The lowest BCUT2D eigenvalue weighted by Gasteiger charge is -2.22. The first-order valence-corrected chi connectivity index (χ1v) is 10.7. The van der Waals surface area contributed by atoms with Crippen LogP contribution in [-0.2, 0) is 6.42 Å². The van der Waals surface area contributed by atoms with Gasteiger partial charge in [-0.3, -0.25) is 15.0 Å². The van der Waals surface area contributed by atoms with Crippen molar-refractivity contribution < 1.29 is 0 Å². The zero-order chi connectivity index (χ0) is 21.7. The van der Waals surface area contributed by atoms with Crippen molar-refractivity contribution in [2.45, 2.75) is 26.3 Å². The van der Waals surface area contributed by atoms with Gasteiger partial charge in [0.2, 0.25) is 0 Å². The minimum Gasteiger partial charge on any atom is -0.281 e. The minimum atomic E-state index is 0.0928. The van der Waals surface area contributed by atoms with E-state index in [1.165, 1.54) is 22.3 Å². The summed E-state index contributed by atoms with van der Waals surface area (Å²) >= 11 is 0. The number of allylic oxidation sites excluding steroid dienone is 3. The number of nitrogens with zero attached hydrogens (tertiary/aromatic N) is 5. The highest BCUT2D eigenvalue weighted by Gasteiger charge is 2.25. The molecule has 5 heteroatoms. The van der Waals surface area contributed by atoms with E-state index in [4.69, 9.17) is 9.98 Å². The van der Waals surface area contributed by atoms with Gasteiger partial charge >= 0.3 is 0 Å². The summed E-state index contributed by atoms with van der Waals surface area (Å²) < 4.78 is 0. The van der Waals surface area contributed by atoms with Gasteiger partial charge in [0.15, 0.2) is 5.82 Å². The van der Waals surface area contributed by atoms with Crippen molar-refractivity contribution >= 4 is 28.2 Å². The van der Waals surface area contributed by atoms with Gasteiger partial charge in [-0.05, 0) is 72.4 Å². The van der Waals surface area contributed by atoms with Gasteiger partial charge in [0.1, 0.15) is 0 Å². The third-order valence-electron chi connectivity index (χ3n) is 6.29. The summed E-state index contributed by atoms with van der Waals surface area (Å²) in [4.78, 5) is 23.5. The Hall–Kier alpha value is -3.99. The molecule has 0 saturated heterocycles. The number of aryl methyl sites for hydroxylation is 1. The van der Waals surface area contributed by atoms with Crippen LogP contribution >= 0.6 is 0 Å². The van der Waals surface area contributed by atoms with Crippen LogP contribution in [0.1, 0.15) is 18.1 Å². The maximum absolute atomic E-state index is 4.85. The van der Waals surface area contributed by atoms with Crippen LogP contribution in [0.5, 0.6) is 0 Å². The predicted octanol–water partition coefficient (Wildman–Crippen LogP) is 5.36. The molecule has 3 heterocycles. The summed E-state index contributed by atoms with van der Waals surface area (Å²) in [5.74, 6) is 0.699. The van der Waals surface area contributed by atoms with E-state index in [2.05, 4.69) is 59.2 Å². The molecule has 154 valence electrons. The summed E-state index contributed by atoms with van der Waals surface area (Å²) in [5, 5.41) is 1.07. The van der Waals surface area contributed by atoms with Crippen molar-refractivity contribution in [2.75, 3.05) is 0 Å². The van der Waals surface area contributed by atoms with E-state index in [0.29, 0.717) is 5.82 Å². The van der Waals surface area contributed by atoms with Gasteiger partial charge in [-0.1, -0.05) is 24.3 Å². The van der Waals surface area contributed by atoms with Crippen molar-refractivity contribution in [3.8, 4) is 11.4 Å². The lowest BCUT2D eigenvalue weighted by Crippen LogP contribution is -2.15. The van der Waals surface area contributed by atoms with Gasteiger partial charge in [0, 0.05) is 35.8 Å². The SMILES string of the molecule is CC1=CC=C(Cc2cc(-c3ncc4c(C)cccc4n3)cc3nccnc23)C2N=CC=C12. The highest BCUT2D eigenvalue weighted by Crippen LogP contribution is 2.34. The van der Waals surface area contributed by atoms with Gasteiger partial charge < -0.3 is 0 Å². The van der Waals surface area contributed by atoms with E-state index >= 15 is 0 Å². The van der Waals surface area contributed by atoms with Gasteiger partial charge in [0.05, 0.1) is 22.6 Å². The molecular weight excluding hydrogens is 394 g/mol. The molecule has 0 saturated carbocycles. The highest BCUT2D eigenvalue weighted by molar-refractivity contribution is 5.86. The predicted molar refractivity (Wildman–Crippen MR) is 129 cm³/mol. The number of rotatable bonds is 3. The molecule has 2 aromatic heterocycles. The number of fused-ring (bicyclic) bond motifs is 3. The first-order chi connectivity index (χ1) is 15.7. The first-order valence-electron chi connectivity index (χ1n) is 10.7. The summed E-state index contributed by atoms with van der Waals surface area (Å²) in [7, 11) is 0. The molecule has 0 bridgehead atoms. The fourth-order valence-electron chi connectivity index (χ4n) is 4.57. The van der Waals surface area contributed by atoms with Crippen LogP contribution in [0.25, 0.3) is 33.3 Å². The maximum Gasteiger partial charge on any atom is 0.159 e. The van der Waals surface area contributed by atoms with Crippen molar-refractivity contribution in [3.05, 3.63) is 95.0 Å². The number of aliphatic imine (C=N–C) groups is 1. The summed E-state index contributed by atoms with van der Waals surface area (Å²) in [6.07, 6.45) is 14.5. The largest absolute Gasteiger partial charge is 0.281 e. The smallest absolute Gasteiger partial charge is 0.159 e. The molecular formula is C27H21N5. The van der Waals surface area contributed by atoms with E-state index in [-0.39, 0.29) is 6.04 Å². The zero-order valence-corrected chi connectivity index (χ0v) is 17.9. The van der Waals surface area contributed by atoms with E-state index in [9.17, 15) is 0 Å². The van der Waals surface area contributed by atoms with Gasteiger partial charge in [-0.15, -0.1) is 0 Å². The quantitative estimate of drug-likeness (QED) is 0.452. The minimum absolute atomic E-state index is 0.0928. The second kappa shape index (κ2) is 7.31.